The zero-order valence-electron chi connectivity index (χ0n) is 9.19. The van der Waals surface area contributed by atoms with E-state index >= 15 is 0 Å². The molecule has 0 aliphatic heterocycles. The molecule has 1 atom stereocenters. The average Bonchev–Trinajstić information content (AvgIpc) is 2.43. The molecule has 0 amide bonds. The number of alkyl halides is 2. The molecular formula is C12H18F2O. The summed E-state index contributed by atoms with van der Waals surface area (Å²) in [4.78, 5) is 11.8. The second kappa shape index (κ2) is 3.53. The van der Waals surface area contributed by atoms with E-state index < -0.39 is 5.92 Å². The summed E-state index contributed by atoms with van der Waals surface area (Å²) < 4.78 is 25.9. The van der Waals surface area contributed by atoms with Gasteiger partial charge in [-0.25, -0.2) is 8.78 Å². The molecule has 0 heterocycles. The van der Waals surface area contributed by atoms with Crippen molar-refractivity contribution >= 4 is 5.78 Å². The molecule has 0 spiro atoms. The van der Waals surface area contributed by atoms with Crippen molar-refractivity contribution in [2.24, 2.45) is 11.3 Å². The first-order valence-electron chi connectivity index (χ1n) is 5.81. The van der Waals surface area contributed by atoms with Gasteiger partial charge in [0.1, 0.15) is 5.78 Å². The second-order valence-electron chi connectivity index (χ2n) is 5.60. The predicted octanol–water partition coefficient (Wildman–Crippen LogP) is 3.57. The van der Waals surface area contributed by atoms with Crippen LogP contribution in [0.2, 0.25) is 0 Å². The van der Waals surface area contributed by atoms with E-state index in [9.17, 15) is 13.6 Å². The fraction of sp³-hybridized carbons (Fsp3) is 0.917. The Labute approximate surface area is 89.2 Å². The highest BCUT2D eigenvalue weighted by Gasteiger charge is 2.44. The maximum atomic E-state index is 12.9. The van der Waals surface area contributed by atoms with E-state index in [0.717, 1.165) is 12.8 Å². The third kappa shape index (κ3) is 2.37. The van der Waals surface area contributed by atoms with Crippen molar-refractivity contribution in [3.05, 3.63) is 0 Å². The summed E-state index contributed by atoms with van der Waals surface area (Å²) in [5.41, 5.74) is 0.134. The Bertz CT molecular complexity index is 269. The summed E-state index contributed by atoms with van der Waals surface area (Å²) in [5.74, 6) is -2.87. The lowest BCUT2D eigenvalue weighted by Crippen LogP contribution is -2.30. The van der Waals surface area contributed by atoms with E-state index in [4.69, 9.17) is 0 Å². The average molecular weight is 216 g/mol. The lowest BCUT2D eigenvalue weighted by molar-refractivity contribution is -0.127. The summed E-state index contributed by atoms with van der Waals surface area (Å²) in [6, 6.07) is 0. The SMILES string of the molecule is CC1(CC(=O)C2CCC(F)(F)C2)CCC1. The molecule has 2 aliphatic rings. The quantitative estimate of drug-likeness (QED) is 0.704. The smallest absolute Gasteiger partial charge is 0.248 e. The van der Waals surface area contributed by atoms with Crippen molar-refractivity contribution in [3.63, 3.8) is 0 Å². The number of ketones is 1. The maximum absolute atomic E-state index is 12.9. The van der Waals surface area contributed by atoms with Crippen LogP contribution in [0.15, 0.2) is 0 Å². The summed E-state index contributed by atoms with van der Waals surface area (Å²) in [6.45, 7) is 2.10. The minimum Gasteiger partial charge on any atom is -0.299 e. The van der Waals surface area contributed by atoms with Crippen molar-refractivity contribution in [2.75, 3.05) is 0 Å². The highest BCUT2D eigenvalue weighted by molar-refractivity contribution is 5.82. The lowest BCUT2D eigenvalue weighted by atomic mass is 9.66. The van der Waals surface area contributed by atoms with Crippen LogP contribution in [0.4, 0.5) is 8.78 Å². The molecule has 1 unspecified atom stereocenters. The minimum absolute atomic E-state index is 0.0781. The normalized spacial score (nSPS) is 32.3. The van der Waals surface area contributed by atoms with Gasteiger partial charge in [-0.2, -0.15) is 0 Å². The largest absolute Gasteiger partial charge is 0.299 e. The minimum atomic E-state index is -2.58. The monoisotopic (exact) mass is 216 g/mol. The molecule has 2 saturated carbocycles. The van der Waals surface area contributed by atoms with E-state index in [0.29, 0.717) is 12.8 Å². The van der Waals surface area contributed by atoms with Crippen LogP contribution in [0.1, 0.15) is 51.9 Å². The van der Waals surface area contributed by atoms with Crippen LogP contribution < -0.4 is 0 Å². The standard InChI is InChI=1S/C12H18F2O/c1-11(4-2-5-11)8-10(15)9-3-6-12(13,14)7-9/h9H,2-8H2,1H3. The fourth-order valence-electron chi connectivity index (χ4n) is 2.75. The van der Waals surface area contributed by atoms with Gasteiger partial charge < -0.3 is 0 Å². The van der Waals surface area contributed by atoms with E-state index in [1.165, 1.54) is 6.42 Å². The third-order valence-electron chi connectivity index (χ3n) is 4.02. The van der Waals surface area contributed by atoms with Crippen LogP contribution in [0.25, 0.3) is 0 Å². The number of carbonyl (C=O) groups is 1. The Hall–Kier alpha value is -0.470. The summed E-state index contributed by atoms with van der Waals surface area (Å²) in [6.07, 6.45) is 3.96. The van der Waals surface area contributed by atoms with Gasteiger partial charge in [-0.1, -0.05) is 13.3 Å². The summed E-state index contributed by atoms with van der Waals surface area (Å²) in [7, 11) is 0. The molecule has 1 nitrogen and oxygen atoms in total. The molecule has 0 aromatic carbocycles. The highest BCUT2D eigenvalue weighted by atomic mass is 19.3. The molecule has 2 aliphatic carbocycles. The number of hydrogen-bond donors (Lipinski definition) is 0. The van der Waals surface area contributed by atoms with Crippen LogP contribution in [0.3, 0.4) is 0 Å². The molecule has 0 N–H and O–H groups in total. The van der Waals surface area contributed by atoms with Gasteiger partial charge in [-0.15, -0.1) is 0 Å². The van der Waals surface area contributed by atoms with Gasteiger partial charge in [0, 0.05) is 25.2 Å². The predicted molar refractivity (Wildman–Crippen MR) is 53.9 cm³/mol. The Balaban J connectivity index is 1.87. The maximum Gasteiger partial charge on any atom is 0.248 e. The van der Waals surface area contributed by atoms with Crippen LogP contribution in [0, 0.1) is 11.3 Å². The van der Waals surface area contributed by atoms with Crippen LogP contribution >= 0.6 is 0 Å². The Morgan fingerprint density at radius 3 is 2.40 bits per heavy atom. The zero-order chi connectivity index (χ0) is 11.1. The van der Waals surface area contributed by atoms with Crippen molar-refractivity contribution < 1.29 is 13.6 Å². The number of hydrogen-bond acceptors (Lipinski definition) is 1. The van der Waals surface area contributed by atoms with Crippen LogP contribution in [-0.4, -0.2) is 11.7 Å². The van der Waals surface area contributed by atoms with Crippen molar-refractivity contribution in [3.8, 4) is 0 Å². The van der Waals surface area contributed by atoms with Crippen molar-refractivity contribution in [1.82, 2.24) is 0 Å². The molecule has 2 fully saturated rings. The zero-order valence-corrected chi connectivity index (χ0v) is 9.19. The van der Waals surface area contributed by atoms with Crippen LogP contribution in [0.5, 0.6) is 0 Å². The van der Waals surface area contributed by atoms with Crippen molar-refractivity contribution in [2.45, 2.75) is 57.8 Å². The van der Waals surface area contributed by atoms with Crippen LogP contribution in [-0.2, 0) is 4.79 Å². The van der Waals surface area contributed by atoms with Gasteiger partial charge >= 0.3 is 0 Å². The molecule has 0 bridgehead atoms. The van der Waals surface area contributed by atoms with E-state index in [1.54, 1.807) is 0 Å². The number of Topliss-reactive ketones (excluding diaryl/α,β-unsaturated/α-hetero) is 1. The Kier molecular flexibility index (Phi) is 2.60. The second-order valence-corrected chi connectivity index (χ2v) is 5.60. The summed E-state index contributed by atoms with van der Waals surface area (Å²) in [5, 5.41) is 0. The molecule has 2 rings (SSSR count). The van der Waals surface area contributed by atoms with Gasteiger partial charge in [0.25, 0.3) is 0 Å². The first-order valence-corrected chi connectivity index (χ1v) is 5.81. The van der Waals surface area contributed by atoms with Gasteiger partial charge in [-0.05, 0) is 24.7 Å². The number of halogens is 2. The van der Waals surface area contributed by atoms with Gasteiger partial charge in [0.15, 0.2) is 0 Å². The van der Waals surface area contributed by atoms with E-state index in [-0.39, 0.29) is 30.0 Å². The molecule has 0 saturated heterocycles. The Morgan fingerprint density at radius 1 is 1.33 bits per heavy atom. The number of rotatable bonds is 3. The first-order chi connectivity index (χ1) is 6.90. The van der Waals surface area contributed by atoms with Crippen molar-refractivity contribution in [1.29, 1.82) is 0 Å². The Morgan fingerprint density at radius 2 is 2.00 bits per heavy atom. The molecule has 3 heteroatoms. The lowest BCUT2D eigenvalue weighted by Gasteiger charge is -2.38. The molecule has 0 aromatic heterocycles. The fourth-order valence-corrected chi connectivity index (χ4v) is 2.75. The van der Waals surface area contributed by atoms with Gasteiger partial charge in [0.05, 0.1) is 0 Å². The highest BCUT2D eigenvalue weighted by Crippen LogP contribution is 2.46. The molecule has 0 radical (unpaired) electrons. The first kappa shape index (κ1) is 11.0. The van der Waals surface area contributed by atoms with Gasteiger partial charge in [0.2, 0.25) is 5.92 Å². The molecule has 0 aromatic rings. The molecule has 86 valence electrons. The van der Waals surface area contributed by atoms with E-state index in [1.807, 2.05) is 0 Å². The summed E-state index contributed by atoms with van der Waals surface area (Å²) >= 11 is 0. The third-order valence-corrected chi connectivity index (χ3v) is 4.02. The number of carbonyl (C=O) groups excluding carboxylic acids is 1. The van der Waals surface area contributed by atoms with E-state index in [2.05, 4.69) is 6.92 Å². The molecular weight excluding hydrogens is 198 g/mol. The molecule has 15 heavy (non-hydrogen) atoms. The topological polar surface area (TPSA) is 17.1 Å². The van der Waals surface area contributed by atoms with Gasteiger partial charge in [-0.3, -0.25) is 4.79 Å².